The lowest BCUT2D eigenvalue weighted by Gasteiger charge is -1.96. The molecule has 0 N–H and O–H groups in total. The van der Waals surface area contributed by atoms with Crippen LogP contribution in [-0.4, -0.2) is 15.4 Å². The number of fused-ring (bicyclic) bond motifs is 3. The number of aryl methyl sites for hydroxylation is 1. The van der Waals surface area contributed by atoms with E-state index in [1.807, 2.05) is 6.92 Å². The van der Waals surface area contributed by atoms with Crippen LogP contribution in [0, 0.1) is 12.1 Å². The standard InChI is InChI=1S/C9H6N4O2/c1-5-4-10-11-6-2-3-7-9(8(5)6)12-15-13(7)14/h2-4H,1H3. The van der Waals surface area contributed by atoms with Crippen LogP contribution in [0.3, 0.4) is 0 Å². The largest absolute Gasteiger partial charge is 0.359 e. The average Bonchev–Trinajstić information content (AvgIpc) is 2.61. The first kappa shape index (κ1) is 8.10. The summed E-state index contributed by atoms with van der Waals surface area (Å²) in [7, 11) is 0. The molecule has 0 aliphatic rings. The van der Waals surface area contributed by atoms with E-state index in [1.165, 1.54) is 0 Å². The molecule has 0 saturated carbocycles. The van der Waals surface area contributed by atoms with Crippen LogP contribution >= 0.6 is 0 Å². The van der Waals surface area contributed by atoms with Gasteiger partial charge < -0.3 is 5.21 Å². The normalized spacial score (nSPS) is 11.3. The lowest BCUT2D eigenvalue weighted by atomic mass is 10.1. The molecule has 0 atom stereocenters. The zero-order chi connectivity index (χ0) is 10.4. The molecule has 0 unspecified atom stereocenters. The molecule has 6 heteroatoms. The van der Waals surface area contributed by atoms with Crippen molar-refractivity contribution in [3.05, 3.63) is 29.1 Å². The minimum atomic E-state index is 0.384. The van der Waals surface area contributed by atoms with Gasteiger partial charge in [0.15, 0.2) is 0 Å². The summed E-state index contributed by atoms with van der Waals surface area (Å²) in [6.45, 7) is 1.89. The minimum Gasteiger partial charge on any atom is -0.359 e. The summed E-state index contributed by atoms with van der Waals surface area (Å²) >= 11 is 0. The Morgan fingerprint density at radius 3 is 3.13 bits per heavy atom. The summed E-state index contributed by atoms with van der Waals surface area (Å²) < 4.78 is 4.54. The first-order valence-electron chi connectivity index (χ1n) is 4.38. The molecule has 6 nitrogen and oxygen atoms in total. The van der Waals surface area contributed by atoms with Crippen molar-refractivity contribution in [2.45, 2.75) is 6.92 Å². The van der Waals surface area contributed by atoms with Crippen molar-refractivity contribution in [2.24, 2.45) is 0 Å². The fourth-order valence-corrected chi connectivity index (χ4v) is 1.65. The highest BCUT2D eigenvalue weighted by atomic mass is 16.8. The Morgan fingerprint density at radius 2 is 2.27 bits per heavy atom. The molecule has 15 heavy (non-hydrogen) atoms. The second kappa shape index (κ2) is 2.63. The van der Waals surface area contributed by atoms with Crippen LogP contribution in [0.15, 0.2) is 23.0 Å². The predicted molar refractivity (Wildman–Crippen MR) is 50.8 cm³/mol. The van der Waals surface area contributed by atoms with Crippen molar-refractivity contribution in [3.63, 3.8) is 0 Å². The highest BCUT2D eigenvalue weighted by Crippen LogP contribution is 2.22. The Bertz CT molecular complexity index is 662. The number of aromatic nitrogens is 4. The van der Waals surface area contributed by atoms with E-state index >= 15 is 0 Å². The molecule has 2 heterocycles. The molecule has 0 fully saturated rings. The molecule has 3 aromatic rings. The van der Waals surface area contributed by atoms with Crippen LogP contribution in [0.5, 0.6) is 0 Å². The third-order valence-electron chi connectivity index (χ3n) is 2.35. The zero-order valence-electron chi connectivity index (χ0n) is 7.84. The maximum Gasteiger partial charge on any atom is 0.258 e. The molecule has 1 aromatic carbocycles. The summed E-state index contributed by atoms with van der Waals surface area (Å²) in [6, 6.07) is 3.35. The number of hydrogen-bond acceptors (Lipinski definition) is 5. The van der Waals surface area contributed by atoms with E-state index < -0.39 is 0 Å². The van der Waals surface area contributed by atoms with Crippen molar-refractivity contribution >= 4 is 21.9 Å². The van der Waals surface area contributed by atoms with Crippen molar-refractivity contribution in [2.75, 3.05) is 0 Å². The molecule has 0 aliphatic heterocycles. The van der Waals surface area contributed by atoms with E-state index in [0.717, 1.165) is 10.9 Å². The van der Waals surface area contributed by atoms with Crippen molar-refractivity contribution in [3.8, 4) is 0 Å². The number of benzene rings is 1. The van der Waals surface area contributed by atoms with Gasteiger partial charge in [-0.25, -0.2) is 0 Å². The molecule has 0 amide bonds. The maximum atomic E-state index is 11.2. The molecule has 0 spiro atoms. The minimum absolute atomic E-state index is 0.384. The fraction of sp³-hybridized carbons (Fsp3) is 0.111. The van der Waals surface area contributed by atoms with E-state index in [1.54, 1.807) is 18.3 Å². The molecule has 74 valence electrons. The first-order chi connectivity index (χ1) is 7.27. The van der Waals surface area contributed by atoms with E-state index in [-0.39, 0.29) is 0 Å². The van der Waals surface area contributed by atoms with Gasteiger partial charge in [0.05, 0.1) is 17.1 Å². The van der Waals surface area contributed by atoms with Gasteiger partial charge in [0.25, 0.3) is 5.52 Å². The van der Waals surface area contributed by atoms with Gasteiger partial charge in [-0.1, -0.05) is 0 Å². The Balaban J connectivity index is 2.64. The van der Waals surface area contributed by atoms with Crippen molar-refractivity contribution in [1.29, 1.82) is 0 Å². The van der Waals surface area contributed by atoms with E-state index in [2.05, 4.69) is 20.0 Å². The maximum absolute atomic E-state index is 11.2. The quantitative estimate of drug-likeness (QED) is 0.501. The van der Waals surface area contributed by atoms with Crippen LogP contribution in [0.25, 0.3) is 21.9 Å². The van der Waals surface area contributed by atoms with Crippen LogP contribution in [0.4, 0.5) is 0 Å². The van der Waals surface area contributed by atoms with E-state index in [0.29, 0.717) is 21.5 Å². The molecule has 0 bridgehead atoms. The SMILES string of the molecule is Cc1cnnc2ccc3c(no[n+]3[O-])c12. The number of hydrogen-bond donors (Lipinski definition) is 0. The van der Waals surface area contributed by atoms with Gasteiger partial charge in [-0.3, -0.25) is 4.63 Å². The highest BCUT2D eigenvalue weighted by molar-refractivity contribution is 6.02. The first-order valence-corrected chi connectivity index (χ1v) is 4.38. The molecule has 3 rings (SSSR count). The lowest BCUT2D eigenvalue weighted by Crippen LogP contribution is -2.22. The van der Waals surface area contributed by atoms with Gasteiger partial charge in [-0.2, -0.15) is 10.2 Å². The van der Waals surface area contributed by atoms with E-state index in [9.17, 15) is 5.21 Å². The molecule has 2 aromatic heterocycles. The van der Waals surface area contributed by atoms with Crippen LogP contribution < -0.4 is 4.90 Å². The van der Waals surface area contributed by atoms with Crippen LogP contribution in [0.1, 0.15) is 5.56 Å². The van der Waals surface area contributed by atoms with E-state index in [4.69, 9.17) is 0 Å². The topological polar surface area (TPSA) is 78.8 Å². The fourth-order valence-electron chi connectivity index (χ4n) is 1.65. The Morgan fingerprint density at radius 1 is 1.40 bits per heavy atom. The van der Waals surface area contributed by atoms with Gasteiger partial charge in [-0.05, 0) is 29.5 Å². The lowest BCUT2D eigenvalue weighted by molar-refractivity contribution is -0.782. The van der Waals surface area contributed by atoms with Crippen LogP contribution in [-0.2, 0) is 0 Å². The third kappa shape index (κ3) is 0.983. The number of nitrogens with zero attached hydrogens (tertiary/aromatic N) is 4. The Hall–Kier alpha value is -2.24. The highest BCUT2D eigenvalue weighted by Gasteiger charge is 2.15. The second-order valence-corrected chi connectivity index (χ2v) is 3.29. The molecular formula is C9H6N4O2. The predicted octanol–water partition coefficient (Wildman–Crippen LogP) is 0.713. The second-order valence-electron chi connectivity index (χ2n) is 3.29. The molecule has 0 aliphatic carbocycles. The van der Waals surface area contributed by atoms with Crippen molar-refractivity contribution in [1.82, 2.24) is 15.4 Å². The van der Waals surface area contributed by atoms with Gasteiger partial charge in [-0.15, -0.1) is 0 Å². The molecule has 0 radical (unpaired) electrons. The van der Waals surface area contributed by atoms with Gasteiger partial charge in [0, 0.05) is 5.16 Å². The summed E-state index contributed by atoms with van der Waals surface area (Å²) in [5.74, 6) is 0. The average molecular weight is 202 g/mol. The zero-order valence-corrected chi connectivity index (χ0v) is 7.84. The monoisotopic (exact) mass is 202 g/mol. The van der Waals surface area contributed by atoms with Gasteiger partial charge in [0.2, 0.25) is 5.52 Å². The Kier molecular flexibility index (Phi) is 1.42. The van der Waals surface area contributed by atoms with Crippen molar-refractivity contribution < 1.29 is 9.53 Å². The molecule has 0 saturated heterocycles. The smallest absolute Gasteiger partial charge is 0.258 e. The Labute approximate surface area is 83.7 Å². The summed E-state index contributed by atoms with van der Waals surface area (Å²) in [5, 5.41) is 23.5. The molecular weight excluding hydrogens is 196 g/mol. The van der Waals surface area contributed by atoms with Gasteiger partial charge >= 0.3 is 0 Å². The number of rotatable bonds is 0. The third-order valence-corrected chi connectivity index (χ3v) is 2.35. The van der Waals surface area contributed by atoms with Crippen LogP contribution in [0.2, 0.25) is 0 Å². The summed E-state index contributed by atoms with van der Waals surface area (Å²) in [4.78, 5) is 0.384. The summed E-state index contributed by atoms with van der Waals surface area (Å²) in [5.41, 5.74) is 2.55. The van der Waals surface area contributed by atoms with Gasteiger partial charge in [0.1, 0.15) is 0 Å². The summed E-state index contributed by atoms with van der Waals surface area (Å²) in [6.07, 6.45) is 1.63.